The molecule has 0 atom stereocenters. The van der Waals surface area contributed by atoms with Crippen molar-refractivity contribution in [3.05, 3.63) is 71.7 Å². The van der Waals surface area contributed by atoms with Gasteiger partial charge in [-0.2, -0.15) is 0 Å². The molecule has 0 radical (unpaired) electrons. The van der Waals surface area contributed by atoms with E-state index in [2.05, 4.69) is 15.8 Å². The number of nitrogens with one attached hydrogen (secondary N) is 2. The van der Waals surface area contributed by atoms with Gasteiger partial charge in [-0.3, -0.25) is 9.59 Å². The lowest BCUT2D eigenvalue weighted by Crippen LogP contribution is -2.62. The number of rotatable bonds is 2. The van der Waals surface area contributed by atoms with Crippen LogP contribution in [0.25, 0.3) is 11.3 Å². The zero-order chi connectivity index (χ0) is 20.7. The first-order valence-electron chi connectivity index (χ1n) is 9.75. The van der Waals surface area contributed by atoms with Crippen molar-refractivity contribution in [3.63, 3.8) is 0 Å². The molecule has 2 aliphatic rings. The fraction of sp³-hybridized carbons (Fsp3) is 0.227. The standard InChI is InChI=1S/C22H19FN4O3/c23-15-7-5-14(6-8-15)19-13-18(26-30-19)21(29)27-11-9-22(10-12-27)24-17-4-2-1-3-16(17)20(28)25-22/h1-8,13,24H,9-12H2,(H,25,28). The Morgan fingerprint density at radius 1 is 1.07 bits per heavy atom. The van der Waals surface area contributed by atoms with Crippen LogP contribution in [0.4, 0.5) is 10.1 Å². The first kappa shape index (κ1) is 18.4. The molecule has 0 saturated carbocycles. The van der Waals surface area contributed by atoms with E-state index in [1.165, 1.54) is 12.1 Å². The molecule has 152 valence electrons. The fourth-order valence-corrected chi connectivity index (χ4v) is 3.99. The van der Waals surface area contributed by atoms with Crippen LogP contribution in [0.5, 0.6) is 0 Å². The van der Waals surface area contributed by atoms with Crippen molar-refractivity contribution in [2.24, 2.45) is 0 Å². The summed E-state index contributed by atoms with van der Waals surface area (Å²) in [5, 5.41) is 10.4. The van der Waals surface area contributed by atoms with E-state index in [4.69, 9.17) is 4.52 Å². The molecule has 1 fully saturated rings. The summed E-state index contributed by atoms with van der Waals surface area (Å²) in [5.74, 6) is -0.276. The molecule has 7 nitrogen and oxygen atoms in total. The smallest absolute Gasteiger partial charge is 0.276 e. The Bertz CT molecular complexity index is 1120. The lowest BCUT2D eigenvalue weighted by atomic mass is 9.92. The van der Waals surface area contributed by atoms with Crippen molar-refractivity contribution in [2.45, 2.75) is 18.5 Å². The topological polar surface area (TPSA) is 87.5 Å². The number of anilines is 1. The number of aromatic nitrogens is 1. The second kappa shape index (κ2) is 6.98. The van der Waals surface area contributed by atoms with Gasteiger partial charge in [0.05, 0.1) is 5.56 Å². The summed E-state index contributed by atoms with van der Waals surface area (Å²) in [6.45, 7) is 0.931. The van der Waals surface area contributed by atoms with Crippen LogP contribution in [0.3, 0.4) is 0 Å². The molecule has 2 amide bonds. The van der Waals surface area contributed by atoms with Gasteiger partial charge in [0.1, 0.15) is 11.5 Å². The van der Waals surface area contributed by atoms with Crippen LogP contribution in [0.2, 0.25) is 0 Å². The largest absolute Gasteiger partial charge is 0.362 e. The molecule has 0 bridgehead atoms. The van der Waals surface area contributed by atoms with Gasteiger partial charge in [-0.1, -0.05) is 17.3 Å². The summed E-state index contributed by atoms with van der Waals surface area (Å²) in [4.78, 5) is 27.0. The van der Waals surface area contributed by atoms with Gasteiger partial charge < -0.3 is 20.1 Å². The maximum atomic E-state index is 13.1. The Morgan fingerprint density at radius 2 is 1.80 bits per heavy atom. The number of hydrogen-bond donors (Lipinski definition) is 2. The summed E-state index contributed by atoms with van der Waals surface area (Å²) in [6.07, 6.45) is 1.14. The highest BCUT2D eigenvalue weighted by Crippen LogP contribution is 2.31. The Kier molecular flexibility index (Phi) is 4.27. The quantitative estimate of drug-likeness (QED) is 0.682. The number of nitrogens with zero attached hydrogens (tertiary/aromatic N) is 2. The van der Waals surface area contributed by atoms with Gasteiger partial charge in [0.2, 0.25) is 0 Å². The maximum Gasteiger partial charge on any atom is 0.276 e. The third-order valence-corrected chi connectivity index (χ3v) is 5.66. The molecular weight excluding hydrogens is 387 g/mol. The van der Waals surface area contributed by atoms with Crippen molar-refractivity contribution in [1.82, 2.24) is 15.4 Å². The van der Waals surface area contributed by atoms with Gasteiger partial charge >= 0.3 is 0 Å². The first-order valence-corrected chi connectivity index (χ1v) is 9.75. The molecule has 3 aromatic rings. The van der Waals surface area contributed by atoms with Crippen LogP contribution >= 0.6 is 0 Å². The number of piperidine rings is 1. The average Bonchev–Trinajstić information content (AvgIpc) is 3.25. The second-order valence-electron chi connectivity index (χ2n) is 7.58. The highest BCUT2D eigenvalue weighted by Gasteiger charge is 2.41. The molecule has 1 spiro atoms. The highest BCUT2D eigenvalue weighted by molar-refractivity contribution is 6.02. The number of para-hydroxylation sites is 1. The zero-order valence-electron chi connectivity index (χ0n) is 16.0. The number of carbonyl (C=O) groups is 2. The van der Waals surface area contributed by atoms with Crippen molar-refractivity contribution in [1.29, 1.82) is 0 Å². The van der Waals surface area contributed by atoms with Crippen LogP contribution in [-0.4, -0.2) is 40.6 Å². The Balaban J connectivity index is 1.28. The van der Waals surface area contributed by atoms with Crippen LogP contribution in [-0.2, 0) is 0 Å². The predicted molar refractivity (Wildman–Crippen MR) is 107 cm³/mol. The summed E-state index contributed by atoms with van der Waals surface area (Å²) in [6, 6.07) is 14.8. The second-order valence-corrected chi connectivity index (χ2v) is 7.58. The van der Waals surface area contributed by atoms with Crippen LogP contribution in [0.1, 0.15) is 33.7 Å². The van der Waals surface area contributed by atoms with E-state index < -0.39 is 5.66 Å². The average molecular weight is 406 g/mol. The normalized spacial score (nSPS) is 17.2. The first-order chi connectivity index (χ1) is 14.5. The predicted octanol–water partition coefficient (Wildman–Crippen LogP) is 3.27. The number of benzene rings is 2. The molecule has 30 heavy (non-hydrogen) atoms. The monoisotopic (exact) mass is 406 g/mol. The number of halogens is 1. The third-order valence-electron chi connectivity index (χ3n) is 5.66. The summed E-state index contributed by atoms with van der Waals surface area (Å²) < 4.78 is 18.4. The van der Waals surface area contributed by atoms with E-state index in [0.717, 1.165) is 5.69 Å². The molecule has 1 saturated heterocycles. The number of amides is 2. The summed E-state index contributed by atoms with van der Waals surface area (Å²) >= 11 is 0. The molecule has 2 N–H and O–H groups in total. The van der Waals surface area contributed by atoms with Gasteiger partial charge in [-0.05, 0) is 36.4 Å². The number of fused-ring (bicyclic) bond motifs is 1. The molecule has 0 aliphatic carbocycles. The molecule has 3 heterocycles. The van der Waals surface area contributed by atoms with Crippen molar-refractivity contribution in [3.8, 4) is 11.3 Å². The summed E-state index contributed by atoms with van der Waals surface area (Å²) in [7, 11) is 0. The zero-order valence-corrected chi connectivity index (χ0v) is 16.0. The molecule has 8 heteroatoms. The summed E-state index contributed by atoms with van der Waals surface area (Å²) in [5.41, 5.74) is 1.72. The minimum Gasteiger partial charge on any atom is -0.362 e. The lowest BCUT2D eigenvalue weighted by molar-refractivity contribution is 0.0631. The minimum absolute atomic E-state index is 0.107. The fourth-order valence-electron chi connectivity index (χ4n) is 3.99. The molecule has 5 rings (SSSR count). The third kappa shape index (κ3) is 3.20. The van der Waals surface area contributed by atoms with Crippen molar-refractivity contribution in [2.75, 3.05) is 18.4 Å². The van der Waals surface area contributed by atoms with E-state index in [1.807, 2.05) is 18.2 Å². The number of hydrogen-bond acceptors (Lipinski definition) is 5. The lowest BCUT2D eigenvalue weighted by Gasteiger charge is -2.45. The SMILES string of the molecule is O=C1NC2(CCN(C(=O)c3cc(-c4ccc(F)cc4)on3)CC2)Nc2ccccc21. The van der Waals surface area contributed by atoms with E-state index in [0.29, 0.717) is 42.8 Å². The van der Waals surface area contributed by atoms with E-state index in [-0.39, 0.29) is 23.3 Å². The van der Waals surface area contributed by atoms with Crippen molar-refractivity contribution >= 4 is 17.5 Å². The van der Waals surface area contributed by atoms with E-state index >= 15 is 0 Å². The van der Waals surface area contributed by atoms with Crippen molar-refractivity contribution < 1.29 is 18.5 Å². The van der Waals surface area contributed by atoms with Gasteiger partial charge in [-0.25, -0.2) is 4.39 Å². The Hall–Kier alpha value is -3.68. The number of carbonyl (C=O) groups excluding carboxylic acids is 2. The van der Waals surface area contributed by atoms with Crippen LogP contribution in [0.15, 0.2) is 59.1 Å². The van der Waals surface area contributed by atoms with E-state index in [1.54, 1.807) is 29.2 Å². The Morgan fingerprint density at radius 3 is 2.57 bits per heavy atom. The molecular formula is C22H19FN4O3. The molecule has 2 aliphatic heterocycles. The van der Waals surface area contributed by atoms with Gasteiger partial charge in [0.25, 0.3) is 11.8 Å². The van der Waals surface area contributed by atoms with Gasteiger partial charge in [0.15, 0.2) is 11.5 Å². The van der Waals surface area contributed by atoms with Gasteiger partial charge in [0, 0.05) is 43.2 Å². The molecule has 0 unspecified atom stereocenters. The molecule has 2 aromatic carbocycles. The maximum absolute atomic E-state index is 13.1. The van der Waals surface area contributed by atoms with Gasteiger partial charge in [-0.15, -0.1) is 0 Å². The van der Waals surface area contributed by atoms with Crippen LogP contribution < -0.4 is 10.6 Å². The van der Waals surface area contributed by atoms with Crippen LogP contribution in [0, 0.1) is 5.82 Å². The Labute approximate surface area is 171 Å². The van der Waals surface area contributed by atoms with E-state index in [9.17, 15) is 14.0 Å². The number of likely N-dealkylation sites (tertiary alicyclic amines) is 1. The molecule has 1 aromatic heterocycles. The minimum atomic E-state index is -0.564. The highest BCUT2D eigenvalue weighted by atomic mass is 19.1.